The van der Waals surface area contributed by atoms with Gasteiger partial charge in [-0.25, -0.2) is 8.42 Å². The maximum absolute atomic E-state index is 12.6. The van der Waals surface area contributed by atoms with Crippen molar-refractivity contribution in [2.24, 2.45) is 0 Å². The minimum absolute atomic E-state index is 0.261. The van der Waals surface area contributed by atoms with E-state index >= 15 is 0 Å². The molecule has 2 aromatic carbocycles. The van der Waals surface area contributed by atoms with Crippen LogP contribution in [0.4, 0.5) is 5.69 Å². The zero-order valence-electron chi connectivity index (χ0n) is 12.5. The zero-order chi connectivity index (χ0) is 15.6. The maximum Gasteiger partial charge on any atom is 0.243 e. The van der Waals surface area contributed by atoms with Gasteiger partial charge in [0.05, 0.1) is 4.90 Å². The Bertz CT molecular complexity index is 737. The number of nitrogens with two attached hydrogens (primary N) is 1. The van der Waals surface area contributed by atoms with Crippen molar-refractivity contribution >= 4 is 15.7 Å². The van der Waals surface area contributed by atoms with E-state index in [2.05, 4.69) is 0 Å². The Balaban J connectivity index is 2.30. The van der Waals surface area contributed by atoms with Gasteiger partial charge in [0.15, 0.2) is 0 Å². The summed E-state index contributed by atoms with van der Waals surface area (Å²) in [6.45, 7) is 4.05. The van der Waals surface area contributed by atoms with E-state index in [1.807, 2.05) is 31.2 Å². The van der Waals surface area contributed by atoms with Crippen LogP contribution in [-0.4, -0.2) is 19.8 Å². The van der Waals surface area contributed by atoms with E-state index in [1.54, 1.807) is 32.2 Å². The molecule has 5 heteroatoms. The lowest BCUT2D eigenvalue weighted by atomic mass is 10.1. The summed E-state index contributed by atoms with van der Waals surface area (Å²) < 4.78 is 26.6. The lowest BCUT2D eigenvalue weighted by Crippen LogP contribution is -2.27. The molecular weight excluding hydrogens is 284 g/mol. The van der Waals surface area contributed by atoms with E-state index < -0.39 is 10.0 Å². The van der Waals surface area contributed by atoms with Crippen molar-refractivity contribution in [2.45, 2.75) is 25.3 Å². The third-order valence-corrected chi connectivity index (χ3v) is 5.49. The van der Waals surface area contributed by atoms with E-state index in [-0.39, 0.29) is 4.90 Å². The summed E-state index contributed by atoms with van der Waals surface area (Å²) in [6, 6.07) is 12.8. The predicted molar refractivity (Wildman–Crippen MR) is 85.4 cm³/mol. The molecule has 0 amide bonds. The van der Waals surface area contributed by atoms with Crippen molar-refractivity contribution < 1.29 is 8.42 Å². The van der Waals surface area contributed by atoms with Crippen molar-refractivity contribution in [1.82, 2.24) is 4.31 Å². The van der Waals surface area contributed by atoms with Gasteiger partial charge >= 0.3 is 0 Å². The number of rotatable bonds is 4. The minimum Gasteiger partial charge on any atom is -0.398 e. The molecule has 2 aromatic rings. The molecule has 0 bridgehead atoms. The number of hydrogen-bond acceptors (Lipinski definition) is 3. The van der Waals surface area contributed by atoms with Crippen molar-refractivity contribution in [1.29, 1.82) is 0 Å². The van der Waals surface area contributed by atoms with Gasteiger partial charge in [-0.3, -0.25) is 0 Å². The van der Waals surface area contributed by atoms with E-state index in [4.69, 9.17) is 5.73 Å². The normalized spacial score (nSPS) is 11.8. The molecule has 0 aliphatic heterocycles. The summed E-state index contributed by atoms with van der Waals surface area (Å²) in [7, 11) is -1.97. The zero-order valence-corrected chi connectivity index (χ0v) is 13.3. The average molecular weight is 304 g/mol. The lowest BCUT2D eigenvalue weighted by molar-refractivity contribution is 0.466. The van der Waals surface area contributed by atoms with Gasteiger partial charge in [0.2, 0.25) is 10.0 Å². The van der Waals surface area contributed by atoms with Crippen LogP contribution in [0, 0.1) is 13.8 Å². The van der Waals surface area contributed by atoms with Crippen LogP contribution in [0.1, 0.15) is 16.7 Å². The molecule has 0 aliphatic carbocycles. The summed E-state index contributed by atoms with van der Waals surface area (Å²) >= 11 is 0. The van der Waals surface area contributed by atoms with Crippen molar-refractivity contribution in [2.75, 3.05) is 12.8 Å². The molecule has 0 radical (unpaired) electrons. The van der Waals surface area contributed by atoms with Crippen LogP contribution in [0.25, 0.3) is 0 Å². The quantitative estimate of drug-likeness (QED) is 0.883. The monoisotopic (exact) mass is 304 g/mol. The van der Waals surface area contributed by atoms with E-state index in [0.29, 0.717) is 17.8 Å². The Morgan fingerprint density at radius 3 is 2.29 bits per heavy atom. The third kappa shape index (κ3) is 3.25. The maximum atomic E-state index is 12.6. The number of hydrogen-bond donors (Lipinski definition) is 1. The van der Waals surface area contributed by atoms with Gasteiger partial charge in [-0.2, -0.15) is 4.31 Å². The summed E-state index contributed by atoms with van der Waals surface area (Å²) in [4.78, 5) is 0.261. The largest absolute Gasteiger partial charge is 0.398 e. The summed E-state index contributed by atoms with van der Waals surface area (Å²) in [5, 5.41) is 0. The van der Waals surface area contributed by atoms with E-state index in [0.717, 1.165) is 11.1 Å². The molecule has 0 saturated heterocycles. The lowest BCUT2D eigenvalue weighted by Gasteiger charge is -2.19. The van der Waals surface area contributed by atoms with Crippen LogP contribution in [-0.2, 0) is 16.6 Å². The first-order chi connectivity index (χ1) is 9.82. The van der Waals surface area contributed by atoms with Gasteiger partial charge in [0, 0.05) is 19.3 Å². The fourth-order valence-electron chi connectivity index (χ4n) is 2.11. The van der Waals surface area contributed by atoms with Crippen LogP contribution >= 0.6 is 0 Å². The number of nitrogens with zero attached hydrogens (tertiary/aromatic N) is 1. The Kier molecular flexibility index (Phi) is 4.34. The number of nitrogen functional groups attached to an aromatic ring is 1. The fourth-order valence-corrected chi connectivity index (χ4v) is 3.52. The highest BCUT2D eigenvalue weighted by atomic mass is 32.2. The highest BCUT2D eigenvalue weighted by Crippen LogP contribution is 2.24. The molecule has 0 heterocycles. The van der Waals surface area contributed by atoms with Gasteiger partial charge in [0.25, 0.3) is 0 Å². The molecule has 112 valence electrons. The third-order valence-electron chi connectivity index (χ3n) is 3.54. The first-order valence-electron chi connectivity index (χ1n) is 6.69. The minimum atomic E-state index is -3.55. The van der Waals surface area contributed by atoms with Crippen LogP contribution in [0.5, 0.6) is 0 Å². The molecular formula is C16H20N2O2S. The molecule has 2 N–H and O–H groups in total. The summed E-state index contributed by atoms with van der Waals surface area (Å²) in [6.07, 6.45) is 0. The Labute approximate surface area is 126 Å². The molecule has 21 heavy (non-hydrogen) atoms. The molecule has 0 unspecified atom stereocenters. The second-order valence-electron chi connectivity index (χ2n) is 5.22. The molecule has 4 nitrogen and oxygen atoms in total. The van der Waals surface area contributed by atoms with Crippen molar-refractivity contribution in [3.63, 3.8) is 0 Å². The fraction of sp³-hybridized carbons (Fsp3) is 0.250. The first kappa shape index (κ1) is 15.5. The summed E-state index contributed by atoms with van der Waals surface area (Å²) in [5.41, 5.74) is 8.98. The van der Waals surface area contributed by atoms with Gasteiger partial charge < -0.3 is 5.73 Å². The van der Waals surface area contributed by atoms with Crippen molar-refractivity contribution in [3.05, 3.63) is 59.2 Å². The predicted octanol–water partition coefficient (Wildman–Crippen LogP) is 2.71. The van der Waals surface area contributed by atoms with E-state index in [9.17, 15) is 8.42 Å². The Morgan fingerprint density at radius 1 is 1.05 bits per heavy atom. The molecule has 0 saturated carbocycles. The van der Waals surface area contributed by atoms with E-state index in [1.165, 1.54) is 4.31 Å². The molecule has 0 fully saturated rings. The highest BCUT2D eigenvalue weighted by Gasteiger charge is 2.23. The van der Waals surface area contributed by atoms with Crippen LogP contribution in [0.2, 0.25) is 0 Å². The topological polar surface area (TPSA) is 63.4 Å². The molecule has 2 rings (SSSR count). The number of aryl methyl sites for hydroxylation is 1. The summed E-state index contributed by atoms with van der Waals surface area (Å²) in [5.74, 6) is 0. The van der Waals surface area contributed by atoms with Crippen molar-refractivity contribution in [3.8, 4) is 0 Å². The van der Waals surface area contributed by atoms with Gasteiger partial charge in [-0.05, 0) is 37.1 Å². The number of sulfonamides is 1. The number of benzene rings is 2. The van der Waals surface area contributed by atoms with Crippen LogP contribution in [0.15, 0.2) is 47.4 Å². The van der Waals surface area contributed by atoms with Gasteiger partial charge in [-0.1, -0.05) is 35.9 Å². The van der Waals surface area contributed by atoms with Crippen LogP contribution < -0.4 is 5.73 Å². The molecule has 0 atom stereocenters. The van der Waals surface area contributed by atoms with Crippen LogP contribution in [0.3, 0.4) is 0 Å². The highest BCUT2D eigenvalue weighted by molar-refractivity contribution is 7.89. The Hall–Kier alpha value is -1.85. The standard InChI is InChI=1S/C16H20N2O2S/c1-12-7-9-14(10-8-12)11-18(3)21(19,20)16-6-4-5-15(17)13(16)2/h4-10H,11,17H2,1-3H3. The van der Waals surface area contributed by atoms with Gasteiger partial charge in [0.1, 0.15) is 0 Å². The Morgan fingerprint density at radius 2 is 1.67 bits per heavy atom. The SMILES string of the molecule is Cc1ccc(CN(C)S(=O)(=O)c2cccc(N)c2C)cc1. The average Bonchev–Trinajstić information content (AvgIpc) is 2.44. The molecule has 0 spiro atoms. The second kappa shape index (κ2) is 5.87. The smallest absolute Gasteiger partial charge is 0.243 e. The first-order valence-corrected chi connectivity index (χ1v) is 8.13. The molecule has 0 aromatic heterocycles. The number of anilines is 1. The molecule has 0 aliphatic rings. The van der Waals surface area contributed by atoms with Gasteiger partial charge in [-0.15, -0.1) is 0 Å². The second-order valence-corrected chi connectivity index (χ2v) is 7.23.